The number of unbranched alkanes of at least 4 members (excludes halogenated alkanes) is 4. The monoisotopic (exact) mass is 170 g/mol. The predicted octanol–water partition coefficient (Wildman–Crippen LogP) is 2.30. The number of nitrogens with one attached hydrogen (secondary N) is 1. The Morgan fingerprint density at radius 3 is 2.50 bits per heavy atom. The molecule has 0 aliphatic heterocycles. The lowest BCUT2D eigenvalue weighted by Gasteiger charge is -2.01. The Kier molecular flexibility index (Phi) is 8.19. The third kappa shape index (κ3) is 7.58. The summed E-state index contributed by atoms with van der Waals surface area (Å²) >= 11 is 0. The lowest BCUT2D eigenvalue weighted by atomic mass is 10.1. The molecule has 0 saturated carbocycles. The summed E-state index contributed by atoms with van der Waals surface area (Å²) in [6, 6.07) is 0. The molecule has 0 fully saturated rings. The summed E-state index contributed by atoms with van der Waals surface area (Å²) in [6.45, 7) is 6.25. The highest BCUT2D eigenvalue weighted by Crippen LogP contribution is 2.04. The van der Waals surface area contributed by atoms with E-state index in [1.54, 1.807) is 0 Å². The molecular weight excluding hydrogens is 150 g/mol. The van der Waals surface area contributed by atoms with E-state index in [-0.39, 0.29) is 5.91 Å². The van der Waals surface area contributed by atoms with Crippen LogP contribution in [0.2, 0.25) is 0 Å². The second kappa shape index (κ2) is 8.57. The zero-order valence-electron chi connectivity index (χ0n) is 8.07. The maximum atomic E-state index is 10.9. The molecule has 0 spiro atoms. The molecule has 0 aliphatic rings. The zero-order chi connectivity index (χ0) is 9.23. The van der Waals surface area contributed by atoms with Crippen molar-refractivity contribution in [2.45, 2.75) is 45.4 Å². The van der Waals surface area contributed by atoms with Gasteiger partial charge in [0.15, 0.2) is 0 Å². The molecule has 0 atom stereocenters. The molecule has 0 rings (SSSR count). The van der Waals surface area contributed by atoms with Crippen LogP contribution in [0.25, 0.3) is 0 Å². The summed E-state index contributed by atoms with van der Waals surface area (Å²) in [5.74, 6) is 0.140. The van der Waals surface area contributed by atoms with Crippen molar-refractivity contribution in [1.29, 1.82) is 0 Å². The lowest BCUT2D eigenvalue weighted by Crippen LogP contribution is -2.22. The summed E-state index contributed by atoms with van der Waals surface area (Å²) in [5, 5.41) is 2.69. The number of carbonyl (C=O) groups excluding carboxylic acids is 1. The van der Waals surface area contributed by atoms with Crippen molar-refractivity contribution in [2.24, 2.45) is 0 Å². The van der Waals surface area contributed by atoms with E-state index < -0.39 is 0 Å². The molecule has 0 aromatic carbocycles. The molecule has 0 heterocycles. The molecule has 12 heavy (non-hydrogen) atoms. The van der Waals surface area contributed by atoms with E-state index in [4.69, 9.17) is 0 Å². The Morgan fingerprint density at radius 2 is 1.92 bits per heavy atom. The minimum absolute atomic E-state index is 0.140. The fourth-order valence-corrected chi connectivity index (χ4v) is 1.12. The quantitative estimate of drug-likeness (QED) is 0.584. The second-order valence-electron chi connectivity index (χ2n) is 3.01. The second-order valence-corrected chi connectivity index (χ2v) is 3.01. The molecule has 0 saturated heterocycles. The van der Waals surface area contributed by atoms with E-state index in [0.717, 1.165) is 6.42 Å². The van der Waals surface area contributed by atoms with Gasteiger partial charge in [0.1, 0.15) is 0 Å². The third-order valence-corrected chi connectivity index (χ3v) is 1.83. The Balaban J connectivity index is 3.03. The average Bonchev–Trinajstić information content (AvgIpc) is 2.05. The molecule has 1 radical (unpaired) electrons. The van der Waals surface area contributed by atoms with Crippen LogP contribution in [0.4, 0.5) is 0 Å². The first kappa shape index (κ1) is 11.5. The van der Waals surface area contributed by atoms with Crippen molar-refractivity contribution >= 4 is 5.91 Å². The number of hydrogen-bond donors (Lipinski definition) is 1. The fourth-order valence-electron chi connectivity index (χ4n) is 1.12. The summed E-state index contributed by atoms with van der Waals surface area (Å²) < 4.78 is 0. The van der Waals surface area contributed by atoms with Crippen molar-refractivity contribution in [1.82, 2.24) is 5.32 Å². The van der Waals surface area contributed by atoms with Gasteiger partial charge in [-0.05, 0) is 13.3 Å². The van der Waals surface area contributed by atoms with Gasteiger partial charge >= 0.3 is 0 Å². The predicted molar refractivity (Wildman–Crippen MR) is 51.7 cm³/mol. The van der Waals surface area contributed by atoms with Gasteiger partial charge in [-0.1, -0.05) is 32.6 Å². The van der Waals surface area contributed by atoms with Crippen molar-refractivity contribution in [3.05, 3.63) is 6.92 Å². The van der Waals surface area contributed by atoms with Crippen LogP contribution in [-0.4, -0.2) is 12.5 Å². The van der Waals surface area contributed by atoms with Crippen LogP contribution in [0.3, 0.4) is 0 Å². The van der Waals surface area contributed by atoms with E-state index in [2.05, 4.69) is 19.2 Å². The van der Waals surface area contributed by atoms with Crippen molar-refractivity contribution in [3.8, 4) is 0 Å². The third-order valence-electron chi connectivity index (χ3n) is 1.83. The summed E-state index contributed by atoms with van der Waals surface area (Å²) in [5.41, 5.74) is 0. The highest BCUT2D eigenvalue weighted by Gasteiger charge is 1.97. The minimum atomic E-state index is 0.140. The first-order chi connectivity index (χ1) is 5.81. The van der Waals surface area contributed by atoms with E-state index in [0.29, 0.717) is 13.0 Å². The van der Waals surface area contributed by atoms with Gasteiger partial charge < -0.3 is 5.32 Å². The summed E-state index contributed by atoms with van der Waals surface area (Å²) in [7, 11) is 0. The first-order valence-electron chi connectivity index (χ1n) is 4.87. The van der Waals surface area contributed by atoms with E-state index >= 15 is 0 Å². The van der Waals surface area contributed by atoms with Crippen molar-refractivity contribution in [2.75, 3.05) is 6.54 Å². The van der Waals surface area contributed by atoms with Crippen LogP contribution >= 0.6 is 0 Å². The molecule has 0 bridgehead atoms. The van der Waals surface area contributed by atoms with Gasteiger partial charge in [0.25, 0.3) is 0 Å². The lowest BCUT2D eigenvalue weighted by molar-refractivity contribution is -0.121. The van der Waals surface area contributed by atoms with E-state index in [1.165, 1.54) is 25.7 Å². The number of carbonyl (C=O) groups is 1. The van der Waals surface area contributed by atoms with Crippen LogP contribution < -0.4 is 5.32 Å². The van der Waals surface area contributed by atoms with Crippen molar-refractivity contribution in [3.63, 3.8) is 0 Å². The van der Waals surface area contributed by atoms with Crippen LogP contribution in [-0.2, 0) is 4.79 Å². The minimum Gasteiger partial charge on any atom is -0.356 e. The maximum Gasteiger partial charge on any atom is 0.219 e. The Bertz CT molecular complexity index is 112. The summed E-state index contributed by atoms with van der Waals surface area (Å²) in [6.07, 6.45) is 6.67. The molecule has 0 aliphatic carbocycles. The van der Waals surface area contributed by atoms with Gasteiger partial charge in [-0.2, -0.15) is 0 Å². The van der Waals surface area contributed by atoms with Gasteiger partial charge in [0, 0.05) is 13.0 Å². The Labute approximate surface area is 75.7 Å². The highest BCUT2D eigenvalue weighted by atomic mass is 16.1. The fraction of sp³-hybridized carbons (Fsp3) is 0.800. The number of rotatable bonds is 7. The van der Waals surface area contributed by atoms with Crippen LogP contribution in [0.5, 0.6) is 0 Å². The molecule has 2 heteroatoms. The van der Waals surface area contributed by atoms with E-state index in [9.17, 15) is 4.79 Å². The Hall–Kier alpha value is -0.530. The Morgan fingerprint density at radius 1 is 1.25 bits per heavy atom. The van der Waals surface area contributed by atoms with Gasteiger partial charge in [-0.25, -0.2) is 0 Å². The average molecular weight is 170 g/mol. The van der Waals surface area contributed by atoms with Crippen LogP contribution in [0.15, 0.2) is 0 Å². The first-order valence-corrected chi connectivity index (χ1v) is 4.87. The van der Waals surface area contributed by atoms with E-state index in [1.807, 2.05) is 0 Å². The van der Waals surface area contributed by atoms with Crippen molar-refractivity contribution < 1.29 is 4.79 Å². The molecule has 71 valence electrons. The molecular formula is C10H20NO. The molecule has 1 amide bonds. The topological polar surface area (TPSA) is 29.1 Å². The molecule has 0 aromatic rings. The van der Waals surface area contributed by atoms with Crippen LogP contribution in [0, 0.1) is 6.92 Å². The standard InChI is InChI=1S/C10H20NO/c1-3-5-6-7-8-9-10(12)11-4-2/h2-9H2,1H3,(H,11,12). The number of hydrogen-bond acceptors (Lipinski definition) is 1. The van der Waals surface area contributed by atoms with Gasteiger partial charge in [0.05, 0.1) is 0 Å². The largest absolute Gasteiger partial charge is 0.356 e. The zero-order valence-corrected chi connectivity index (χ0v) is 8.07. The number of amides is 1. The molecule has 1 N–H and O–H groups in total. The summed E-state index contributed by atoms with van der Waals surface area (Å²) in [4.78, 5) is 10.9. The van der Waals surface area contributed by atoms with Gasteiger partial charge in [0.2, 0.25) is 5.91 Å². The van der Waals surface area contributed by atoms with Crippen LogP contribution in [0.1, 0.15) is 45.4 Å². The normalized spacial score (nSPS) is 9.83. The smallest absolute Gasteiger partial charge is 0.219 e. The highest BCUT2D eigenvalue weighted by molar-refractivity contribution is 5.75. The van der Waals surface area contributed by atoms with Gasteiger partial charge in [-0.3, -0.25) is 4.79 Å². The molecule has 0 aromatic heterocycles. The maximum absolute atomic E-state index is 10.9. The molecule has 0 unspecified atom stereocenters. The molecule has 2 nitrogen and oxygen atoms in total. The SMILES string of the molecule is [CH2]CNC(=O)CCCCCCC. The van der Waals surface area contributed by atoms with Gasteiger partial charge in [-0.15, -0.1) is 0 Å².